The van der Waals surface area contributed by atoms with E-state index in [-0.39, 0.29) is 5.08 Å². The van der Waals surface area contributed by atoms with Crippen LogP contribution in [0.4, 0.5) is 11.4 Å². The van der Waals surface area contributed by atoms with E-state index in [0.717, 1.165) is 22.9 Å². The van der Waals surface area contributed by atoms with Crippen molar-refractivity contribution >= 4 is 33.0 Å². The monoisotopic (exact) mass is 320 g/mol. The van der Waals surface area contributed by atoms with Gasteiger partial charge in [-0.25, -0.2) is 0 Å². The van der Waals surface area contributed by atoms with E-state index in [4.69, 9.17) is 0 Å². The van der Waals surface area contributed by atoms with Gasteiger partial charge in [-0.15, -0.1) is 0 Å². The van der Waals surface area contributed by atoms with Gasteiger partial charge in [0.25, 0.3) is 0 Å². The molecule has 2 aromatic rings. The summed E-state index contributed by atoms with van der Waals surface area (Å²) in [4.78, 5) is 1.48. The van der Waals surface area contributed by atoms with Gasteiger partial charge in [0.1, 0.15) is 5.08 Å². The highest BCUT2D eigenvalue weighted by Gasteiger charge is 2.23. The van der Waals surface area contributed by atoms with E-state index in [1.807, 2.05) is 24.3 Å². The van der Waals surface area contributed by atoms with Gasteiger partial charge in [-0.2, -0.15) is 0 Å². The van der Waals surface area contributed by atoms with E-state index < -0.39 is 21.6 Å². The fraction of sp³-hybridized carbons (Fsp3) is 0.200. The Kier molecular flexibility index (Phi) is 4.36. The molecule has 2 N–H and O–H groups in total. The van der Waals surface area contributed by atoms with Crippen LogP contribution in [0.15, 0.2) is 58.3 Å². The van der Waals surface area contributed by atoms with Crippen LogP contribution in [0.2, 0.25) is 0 Å². The first kappa shape index (κ1) is 14.3. The van der Waals surface area contributed by atoms with Crippen LogP contribution in [0, 0.1) is 0 Å². The molecule has 0 bridgehead atoms. The standard InChI is InChI=1S/C8H10N2.C7H6O2S2/c1-2-4-8-7(3-1)9-5-6-10-8;8-10-5-11(9)7-4-2-1-3-6(7)10/h1-4,9-10H,5-6H2;1-4H,5H2. The molecule has 0 saturated heterocycles. The molecule has 2 aliphatic rings. The van der Waals surface area contributed by atoms with Crippen molar-refractivity contribution in [3.63, 3.8) is 0 Å². The lowest BCUT2D eigenvalue weighted by Gasteiger charge is -2.18. The highest BCUT2D eigenvalue weighted by Crippen LogP contribution is 2.25. The van der Waals surface area contributed by atoms with Crippen molar-refractivity contribution in [2.45, 2.75) is 9.79 Å². The molecule has 0 aromatic heterocycles. The molecule has 0 spiro atoms. The Labute approximate surface area is 128 Å². The summed E-state index contributed by atoms with van der Waals surface area (Å²) in [5.41, 5.74) is 2.43. The lowest BCUT2D eigenvalue weighted by molar-refractivity contribution is 0.685. The summed E-state index contributed by atoms with van der Waals surface area (Å²) in [6.07, 6.45) is 0. The maximum absolute atomic E-state index is 11.2. The van der Waals surface area contributed by atoms with Crippen molar-refractivity contribution in [1.29, 1.82) is 0 Å². The van der Waals surface area contributed by atoms with Crippen LogP contribution in [0.3, 0.4) is 0 Å². The van der Waals surface area contributed by atoms with Crippen LogP contribution < -0.4 is 10.6 Å². The van der Waals surface area contributed by atoms with Gasteiger partial charge in [-0.1, -0.05) is 24.3 Å². The number of anilines is 2. The van der Waals surface area contributed by atoms with E-state index >= 15 is 0 Å². The summed E-state index contributed by atoms with van der Waals surface area (Å²) in [5.74, 6) is 0. The SMILES string of the molecule is O=S1CS(=O)c2ccccc21.c1ccc2c(c1)NCCN2. The van der Waals surface area contributed by atoms with Crippen LogP contribution >= 0.6 is 0 Å². The molecule has 2 heterocycles. The zero-order valence-electron chi connectivity index (χ0n) is 11.4. The molecule has 0 radical (unpaired) electrons. The van der Waals surface area contributed by atoms with E-state index in [2.05, 4.69) is 22.8 Å². The maximum Gasteiger partial charge on any atom is 0.109 e. The average molecular weight is 320 g/mol. The molecule has 2 aliphatic heterocycles. The zero-order chi connectivity index (χ0) is 14.7. The summed E-state index contributed by atoms with van der Waals surface area (Å²) >= 11 is 0. The quantitative estimate of drug-likeness (QED) is 0.782. The summed E-state index contributed by atoms with van der Waals surface area (Å²) in [6, 6.07) is 15.4. The number of para-hydroxylation sites is 2. The van der Waals surface area contributed by atoms with Gasteiger partial charge < -0.3 is 10.6 Å². The van der Waals surface area contributed by atoms with E-state index in [0.29, 0.717) is 0 Å². The molecule has 4 rings (SSSR count). The fourth-order valence-electron chi connectivity index (χ4n) is 2.24. The smallest absolute Gasteiger partial charge is 0.109 e. The Morgan fingerprint density at radius 3 is 1.62 bits per heavy atom. The lowest BCUT2D eigenvalue weighted by Crippen LogP contribution is -2.19. The topological polar surface area (TPSA) is 58.2 Å². The Morgan fingerprint density at radius 2 is 1.14 bits per heavy atom. The second-order valence-electron chi connectivity index (χ2n) is 4.65. The Bertz CT molecular complexity index is 646. The first-order valence-electron chi connectivity index (χ1n) is 6.68. The van der Waals surface area contributed by atoms with Crippen LogP contribution in [0.25, 0.3) is 0 Å². The highest BCUT2D eigenvalue weighted by atomic mass is 32.2. The Balaban J connectivity index is 0.000000126. The maximum atomic E-state index is 11.2. The molecule has 21 heavy (non-hydrogen) atoms. The molecule has 4 nitrogen and oxygen atoms in total. The van der Waals surface area contributed by atoms with Gasteiger partial charge in [-0.05, 0) is 24.3 Å². The molecular weight excluding hydrogens is 304 g/mol. The molecule has 0 fully saturated rings. The number of rotatable bonds is 0. The largest absolute Gasteiger partial charge is 0.382 e. The predicted molar refractivity (Wildman–Crippen MR) is 87.5 cm³/mol. The van der Waals surface area contributed by atoms with Crippen LogP contribution in [0.1, 0.15) is 0 Å². The van der Waals surface area contributed by atoms with Crippen LogP contribution in [-0.4, -0.2) is 26.6 Å². The first-order chi connectivity index (χ1) is 10.3. The van der Waals surface area contributed by atoms with Gasteiger partial charge in [-0.3, -0.25) is 8.42 Å². The van der Waals surface area contributed by atoms with E-state index in [1.54, 1.807) is 12.1 Å². The zero-order valence-corrected chi connectivity index (χ0v) is 13.0. The number of nitrogens with one attached hydrogen (secondary N) is 2. The van der Waals surface area contributed by atoms with E-state index in [9.17, 15) is 8.42 Å². The molecular formula is C15H16N2O2S2. The van der Waals surface area contributed by atoms with Crippen LogP contribution in [0.5, 0.6) is 0 Å². The molecule has 110 valence electrons. The molecule has 0 amide bonds. The minimum absolute atomic E-state index is 0.277. The normalized spacial score (nSPS) is 21.9. The van der Waals surface area contributed by atoms with Crippen molar-refractivity contribution in [2.24, 2.45) is 0 Å². The van der Waals surface area contributed by atoms with Gasteiger partial charge in [0.2, 0.25) is 0 Å². The van der Waals surface area contributed by atoms with Crippen molar-refractivity contribution in [3.8, 4) is 0 Å². The number of hydrogen-bond acceptors (Lipinski definition) is 4. The molecule has 2 atom stereocenters. The second kappa shape index (κ2) is 6.41. The first-order valence-corrected chi connectivity index (χ1v) is 9.32. The summed E-state index contributed by atoms with van der Waals surface area (Å²) < 4.78 is 22.4. The van der Waals surface area contributed by atoms with Gasteiger partial charge in [0, 0.05) is 13.1 Å². The summed E-state index contributed by atoms with van der Waals surface area (Å²) in [6.45, 7) is 2.05. The van der Waals surface area contributed by atoms with Gasteiger partial charge in [0.15, 0.2) is 0 Å². The average Bonchev–Trinajstić information content (AvgIpc) is 2.83. The third kappa shape index (κ3) is 3.16. The third-order valence-electron chi connectivity index (χ3n) is 3.24. The summed E-state index contributed by atoms with van der Waals surface area (Å²) in [5, 5.41) is 6.88. The third-order valence-corrected chi connectivity index (χ3v) is 6.77. The summed E-state index contributed by atoms with van der Waals surface area (Å²) in [7, 11) is -2.06. The molecule has 0 aliphatic carbocycles. The van der Waals surface area contributed by atoms with Gasteiger partial charge in [0.05, 0.1) is 42.8 Å². The molecule has 0 saturated carbocycles. The highest BCUT2D eigenvalue weighted by molar-refractivity contribution is 8.04. The minimum atomic E-state index is -1.03. The van der Waals surface area contributed by atoms with E-state index in [1.165, 1.54) is 11.4 Å². The molecule has 6 heteroatoms. The van der Waals surface area contributed by atoms with Gasteiger partial charge >= 0.3 is 0 Å². The van der Waals surface area contributed by atoms with Crippen molar-refractivity contribution in [3.05, 3.63) is 48.5 Å². The number of fused-ring (bicyclic) bond motifs is 2. The van der Waals surface area contributed by atoms with Crippen molar-refractivity contribution in [1.82, 2.24) is 0 Å². The van der Waals surface area contributed by atoms with Crippen molar-refractivity contribution < 1.29 is 8.42 Å². The Hall–Kier alpha value is -1.66. The number of benzene rings is 2. The predicted octanol–water partition coefficient (Wildman–Crippen LogP) is 2.40. The molecule has 2 unspecified atom stereocenters. The minimum Gasteiger partial charge on any atom is -0.382 e. The number of hydrogen-bond donors (Lipinski definition) is 2. The fourth-order valence-corrected chi connectivity index (χ4v) is 5.63. The lowest BCUT2D eigenvalue weighted by atomic mass is 10.2. The van der Waals surface area contributed by atoms with Crippen LogP contribution in [-0.2, 0) is 21.6 Å². The van der Waals surface area contributed by atoms with Crippen molar-refractivity contribution in [2.75, 3.05) is 28.8 Å². The Morgan fingerprint density at radius 1 is 0.714 bits per heavy atom. The second-order valence-corrected chi connectivity index (χ2v) is 7.86. The molecule has 2 aromatic carbocycles.